The summed E-state index contributed by atoms with van der Waals surface area (Å²) < 4.78 is 7.45. The van der Waals surface area contributed by atoms with Gasteiger partial charge in [-0.05, 0) is 29.8 Å². The van der Waals surface area contributed by atoms with Crippen LogP contribution >= 0.6 is 0 Å². The van der Waals surface area contributed by atoms with E-state index in [1.807, 2.05) is 36.5 Å². The third kappa shape index (κ3) is 3.10. The average Bonchev–Trinajstić information content (AvgIpc) is 3.11. The number of nitrogens with one attached hydrogen (secondary N) is 1. The molecule has 1 unspecified atom stereocenters. The zero-order valence-corrected chi connectivity index (χ0v) is 14.9. The molecule has 0 radical (unpaired) electrons. The Bertz CT molecular complexity index is 1050. The molecular formula is C21H19N3O3. The summed E-state index contributed by atoms with van der Waals surface area (Å²) in [5.74, 6) is -0.175. The summed E-state index contributed by atoms with van der Waals surface area (Å²) in [5, 5.41) is 3.99. The molecule has 136 valence electrons. The van der Waals surface area contributed by atoms with E-state index >= 15 is 0 Å². The molecule has 0 bridgehead atoms. The first kappa shape index (κ1) is 17.0. The van der Waals surface area contributed by atoms with Crippen molar-refractivity contribution < 1.29 is 14.3 Å². The highest BCUT2D eigenvalue weighted by Gasteiger charge is 2.27. The molecule has 0 fully saturated rings. The minimum absolute atomic E-state index is 0.159. The summed E-state index contributed by atoms with van der Waals surface area (Å²) in [6.45, 7) is 1.10. The molecule has 2 heterocycles. The van der Waals surface area contributed by atoms with Crippen LogP contribution in [0.4, 0.5) is 0 Å². The number of rotatable bonds is 5. The summed E-state index contributed by atoms with van der Waals surface area (Å²) in [6.07, 6.45) is 3.41. The second-order valence-corrected chi connectivity index (χ2v) is 6.34. The largest absolute Gasteiger partial charge is 0.496 e. The van der Waals surface area contributed by atoms with Crippen molar-refractivity contribution in [1.29, 1.82) is 0 Å². The molecule has 1 aromatic heterocycles. The van der Waals surface area contributed by atoms with Gasteiger partial charge < -0.3 is 14.6 Å². The molecule has 4 rings (SSSR count). The Hall–Kier alpha value is -3.41. The molecular weight excluding hydrogens is 342 g/mol. The van der Waals surface area contributed by atoms with Gasteiger partial charge in [0.25, 0.3) is 5.91 Å². The van der Waals surface area contributed by atoms with Gasteiger partial charge in [0.05, 0.1) is 18.5 Å². The number of aliphatic imine (C=N–C) groups is 1. The van der Waals surface area contributed by atoms with Crippen molar-refractivity contribution in [3.05, 3.63) is 65.9 Å². The Labute approximate surface area is 156 Å². The van der Waals surface area contributed by atoms with E-state index in [1.54, 1.807) is 25.3 Å². The summed E-state index contributed by atoms with van der Waals surface area (Å²) in [7, 11) is 1.65. The second kappa shape index (κ2) is 7.07. The normalized spacial score (nSPS) is 15.6. The smallest absolute Gasteiger partial charge is 0.276 e. The molecule has 0 spiro atoms. The fourth-order valence-electron chi connectivity index (χ4n) is 3.44. The number of amides is 2. The first-order valence-electron chi connectivity index (χ1n) is 8.76. The van der Waals surface area contributed by atoms with Crippen molar-refractivity contribution in [2.75, 3.05) is 13.7 Å². The van der Waals surface area contributed by atoms with E-state index in [9.17, 15) is 9.59 Å². The number of carbonyl (C=O) groups is 2. The standard InChI is InChI=1S/C21H19N3O3/c1-27-19-8-4-7-18-16(19)9-11-24(18)12-10-22-21(26)17-13-23-20(25)15-6-3-2-5-14(15)17/h2-9,11,13,17H,10,12H2,1H3,(H,22,26). The van der Waals surface area contributed by atoms with Crippen LogP contribution in [0.2, 0.25) is 0 Å². The van der Waals surface area contributed by atoms with Gasteiger partial charge >= 0.3 is 0 Å². The lowest BCUT2D eigenvalue weighted by Gasteiger charge is -2.18. The summed E-state index contributed by atoms with van der Waals surface area (Å²) in [6, 6.07) is 15.0. The van der Waals surface area contributed by atoms with Gasteiger partial charge in [0.15, 0.2) is 0 Å². The molecule has 1 aliphatic heterocycles. The number of aromatic nitrogens is 1. The lowest BCUT2D eigenvalue weighted by Crippen LogP contribution is -2.34. The lowest BCUT2D eigenvalue weighted by atomic mass is 9.92. The highest BCUT2D eigenvalue weighted by Crippen LogP contribution is 2.26. The molecule has 6 nitrogen and oxygen atoms in total. The van der Waals surface area contributed by atoms with Crippen LogP contribution in [0.1, 0.15) is 21.8 Å². The van der Waals surface area contributed by atoms with Crippen LogP contribution in [0.15, 0.2) is 59.7 Å². The van der Waals surface area contributed by atoms with Gasteiger partial charge in [-0.15, -0.1) is 0 Å². The fourth-order valence-corrected chi connectivity index (χ4v) is 3.44. The van der Waals surface area contributed by atoms with Crippen molar-refractivity contribution in [2.24, 2.45) is 4.99 Å². The third-order valence-electron chi connectivity index (χ3n) is 4.80. The molecule has 27 heavy (non-hydrogen) atoms. The van der Waals surface area contributed by atoms with Crippen LogP contribution in [0.5, 0.6) is 5.75 Å². The monoisotopic (exact) mass is 361 g/mol. The Morgan fingerprint density at radius 3 is 2.89 bits per heavy atom. The molecule has 6 heteroatoms. The highest BCUT2D eigenvalue weighted by molar-refractivity contribution is 6.11. The number of nitrogens with zero attached hydrogens (tertiary/aromatic N) is 2. The Kier molecular flexibility index (Phi) is 4.46. The summed E-state index contributed by atoms with van der Waals surface area (Å²) in [4.78, 5) is 28.3. The van der Waals surface area contributed by atoms with Crippen molar-refractivity contribution in [3.8, 4) is 5.75 Å². The van der Waals surface area contributed by atoms with E-state index in [1.165, 1.54) is 6.21 Å². The first-order valence-corrected chi connectivity index (χ1v) is 8.76. The predicted molar refractivity (Wildman–Crippen MR) is 104 cm³/mol. The number of ether oxygens (including phenoxy) is 1. The second-order valence-electron chi connectivity index (χ2n) is 6.34. The van der Waals surface area contributed by atoms with Crippen molar-refractivity contribution in [1.82, 2.24) is 9.88 Å². The average molecular weight is 361 g/mol. The van der Waals surface area contributed by atoms with Crippen LogP contribution in [-0.4, -0.2) is 36.3 Å². The highest BCUT2D eigenvalue weighted by atomic mass is 16.5. The predicted octanol–water partition coefficient (Wildman–Crippen LogP) is 2.77. The van der Waals surface area contributed by atoms with E-state index in [2.05, 4.69) is 14.9 Å². The van der Waals surface area contributed by atoms with E-state index in [-0.39, 0.29) is 11.8 Å². The molecule has 0 saturated heterocycles. The van der Waals surface area contributed by atoms with E-state index in [0.717, 1.165) is 16.7 Å². The summed E-state index contributed by atoms with van der Waals surface area (Å²) >= 11 is 0. The van der Waals surface area contributed by atoms with Crippen LogP contribution in [0.25, 0.3) is 10.9 Å². The van der Waals surface area contributed by atoms with Crippen molar-refractivity contribution >= 4 is 28.9 Å². The SMILES string of the molecule is COc1cccc2c1ccn2CCNC(=O)C1C=NC(=O)c2ccccc21. The Morgan fingerprint density at radius 2 is 2.04 bits per heavy atom. The minimum Gasteiger partial charge on any atom is -0.496 e. The van der Waals surface area contributed by atoms with E-state index in [0.29, 0.717) is 24.2 Å². The van der Waals surface area contributed by atoms with E-state index < -0.39 is 5.92 Å². The fraction of sp³-hybridized carbons (Fsp3) is 0.190. The zero-order valence-electron chi connectivity index (χ0n) is 14.9. The van der Waals surface area contributed by atoms with Gasteiger partial charge in [-0.25, -0.2) is 4.99 Å². The molecule has 0 aliphatic carbocycles. The van der Waals surface area contributed by atoms with Crippen molar-refractivity contribution in [3.63, 3.8) is 0 Å². The minimum atomic E-state index is -0.541. The maximum absolute atomic E-state index is 12.6. The van der Waals surface area contributed by atoms with Gasteiger partial charge in [-0.2, -0.15) is 0 Å². The topological polar surface area (TPSA) is 72.7 Å². The van der Waals surface area contributed by atoms with E-state index in [4.69, 9.17) is 4.74 Å². The quantitative estimate of drug-likeness (QED) is 0.759. The lowest BCUT2D eigenvalue weighted by molar-refractivity contribution is -0.121. The molecule has 2 aromatic carbocycles. The molecule has 1 aliphatic rings. The number of methoxy groups -OCH3 is 1. The number of benzene rings is 2. The number of hydrogen-bond donors (Lipinski definition) is 1. The van der Waals surface area contributed by atoms with Gasteiger partial charge in [0, 0.05) is 36.5 Å². The molecule has 0 saturated carbocycles. The van der Waals surface area contributed by atoms with Crippen molar-refractivity contribution in [2.45, 2.75) is 12.5 Å². The van der Waals surface area contributed by atoms with Gasteiger partial charge in [-0.1, -0.05) is 24.3 Å². The number of fused-ring (bicyclic) bond motifs is 2. The zero-order chi connectivity index (χ0) is 18.8. The van der Waals surface area contributed by atoms with Gasteiger partial charge in [-0.3, -0.25) is 9.59 Å². The third-order valence-corrected chi connectivity index (χ3v) is 4.80. The van der Waals surface area contributed by atoms with Gasteiger partial charge in [0.2, 0.25) is 5.91 Å². The molecule has 1 atom stereocenters. The maximum Gasteiger partial charge on any atom is 0.276 e. The molecule has 3 aromatic rings. The Morgan fingerprint density at radius 1 is 1.19 bits per heavy atom. The van der Waals surface area contributed by atoms with Crippen LogP contribution in [-0.2, 0) is 11.3 Å². The van der Waals surface area contributed by atoms with Crippen LogP contribution < -0.4 is 10.1 Å². The van der Waals surface area contributed by atoms with Crippen LogP contribution in [0, 0.1) is 0 Å². The number of hydrogen-bond acceptors (Lipinski definition) is 3. The van der Waals surface area contributed by atoms with Gasteiger partial charge in [0.1, 0.15) is 5.75 Å². The molecule has 2 amide bonds. The first-order chi connectivity index (χ1) is 13.2. The maximum atomic E-state index is 12.6. The number of carbonyl (C=O) groups excluding carboxylic acids is 2. The Balaban J connectivity index is 1.45. The summed E-state index contributed by atoms with van der Waals surface area (Å²) in [5.41, 5.74) is 2.24. The van der Waals surface area contributed by atoms with Crippen LogP contribution in [0.3, 0.4) is 0 Å². The molecule has 1 N–H and O–H groups in total.